The van der Waals surface area contributed by atoms with Crippen LogP contribution in [0.3, 0.4) is 0 Å². The smallest absolute Gasteiger partial charge is 0.160 e. The summed E-state index contributed by atoms with van der Waals surface area (Å²) in [5.74, 6) is 0.891. The molecule has 3 heterocycles. The van der Waals surface area contributed by atoms with Crippen molar-refractivity contribution in [3.63, 3.8) is 0 Å². The molecule has 18 heavy (non-hydrogen) atoms. The maximum Gasteiger partial charge on any atom is 0.160 e. The number of thiophene rings is 1. The minimum absolute atomic E-state index is 0.881. The first-order valence-electron chi connectivity index (χ1n) is 6.50. The molecule has 3 nitrogen and oxygen atoms in total. The Balaban J connectivity index is 2.09. The normalized spacial score (nSPS) is 14.5. The average molecular weight is 259 g/mol. The molecular formula is C14H17N3S. The molecule has 0 aliphatic carbocycles. The van der Waals surface area contributed by atoms with E-state index in [1.807, 2.05) is 0 Å². The van der Waals surface area contributed by atoms with Gasteiger partial charge in [0.05, 0.1) is 5.69 Å². The Labute approximate surface area is 111 Å². The van der Waals surface area contributed by atoms with E-state index < -0.39 is 0 Å². The fourth-order valence-electron chi connectivity index (χ4n) is 2.40. The molecule has 0 saturated heterocycles. The average Bonchev–Trinajstić information content (AvgIpc) is 2.93. The lowest BCUT2D eigenvalue weighted by molar-refractivity contribution is 0.614. The van der Waals surface area contributed by atoms with Crippen molar-refractivity contribution in [2.75, 3.05) is 6.54 Å². The Morgan fingerprint density at radius 1 is 1.39 bits per heavy atom. The van der Waals surface area contributed by atoms with Gasteiger partial charge < -0.3 is 5.32 Å². The van der Waals surface area contributed by atoms with E-state index in [4.69, 9.17) is 9.97 Å². The number of aryl methyl sites for hydroxylation is 1. The second-order valence-electron chi connectivity index (χ2n) is 4.61. The van der Waals surface area contributed by atoms with Gasteiger partial charge in [-0.3, -0.25) is 0 Å². The largest absolute Gasteiger partial charge is 0.311 e. The van der Waals surface area contributed by atoms with Crippen LogP contribution in [0.5, 0.6) is 0 Å². The number of nitrogens with one attached hydrogen (secondary N) is 1. The van der Waals surface area contributed by atoms with E-state index in [9.17, 15) is 0 Å². The summed E-state index contributed by atoms with van der Waals surface area (Å²) in [5.41, 5.74) is 4.98. The van der Waals surface area contributed by atoms with Crippen molar-refractivity contribution in [3.05, 3.63) is 33.8 Å². The van der Waals surface area contributed by atoms with E-state index >= 15 is 0 Å². The predicted octanol–water partition coefficient (Wildman–Crippen LogP) is 2.80. The van der Waals surface area contributed by atoms with Gasteiger partial charge in [0.1, 0.15) is 0 Å². The highest BCUT2D eigenvalue weighted by molar-refractivity contribution is 7.08. The zero-order valence-corrected chi connectivity index (χ0v) is 11.4. The zero-order chi connectivity index (χ0) is 12.4. The summed E-state index contributed by atoms with van der Waals surface area (Å²) >= 11 is 1.70. The lowest BCUT2D eigenvalue weighted by Gasteiger charge is -2.19. The van der Waals surface area contributed by atoms with Gasteiger partial charge in [-0.1, -0.05) is 13.3 Å². The SMILES string of the molecule is CCCc1nc(-c2ccsc2)nc2c1CCNC2. The number of hydrogen-bond acceptors (Lipinski definition) is 4. The molecule has 4 heteroatoms. The quantitative estimate of drug-likeness (QED) is 0.921. The number of hydrogen-bond donors (Lipinski definition) is 1. The van der Waals surface area contributed by atoms with Crippen LogP contribution in [0.2, 0.25) is 0 Å². The van der Waals surface area contributed by atoms with Gasteiger partial charge in [-0.15, -0.1) is 0 Å². The van der Waals surface area contributed by atoms with E-state index in [0.29, 0.717) is 0 Å². The maximum absolute atomic E-state index is 4.79. The van der Waals surface area contributed by atoms with E-state index in [1.54, 1.807) is 11.3 Å². The van der Waals surface area contributed by atoms with Crippen LogP contribution in [-0.4, -0.2) is 16.5 Å². The van der Waals surface area contributed by atoms with Gasteiger partial charge in [0.2, 0.25) is 0 Å². The second kappa shape index (κ2) is 5.16. The van der Waals surface area contributed by atoms with Gasteiger partial charge >= 0.3 is 0 Å². The lowest BCUT2D eigenvalue weighted by atomic mass is 10.0. The highest BCUT2D eigenvalue weighted by Gasteiger charge is 2.17. The Morgan fingerprint density at radius 2 is 2.33 bits per heavy atom. The summed E-state index contributed by atoms with van der Waals surface area (Å²) in [6.45, 7) is 4.14. The Hall–Kier alpha value is -1.26. The molecule has 3 rings (SSSR count). The van der Waals surface area contributed by atoms with E-state index in [0.717, 1.165) is 43.7 Å². The van der Waals surface area contributed by atoms with Gasteiger partial charge in [-0.2, -0.15) is 11.3 Å². The first kappa shape index (κ1) is 11.8. The lowest BCUT2D eigenvalue weighted by Crippen LogP contribution is -2.26. The molecular weight excluding hydrogens is 242 g/mol. The molecule has 2 aromatic rings. The highest BCUT2D eigenvalue weighted by Crippen LogP contribution is 2.23. The Morgan fingerprint density at radius 3 is 3.11 bits per heavy atom. The van der Waals surface area contributed by atoms with Crippen molar-refractivity contribution >= 4 is 11.3 Å². The third kappa shape index (κ3) is 2.18. The first-order valence-corrected chi connectivity index (χ1v) is 7.44. The first-order chi connectivity index (χ1) is 8.88. The third-order valence-corrected chi connectivity index (χ3v) is 3.97. The highest BCUT2D eigenvalue weighted by atomic mass is 32.1. The van der Waals surface area contributed by atoms with Crippen molar-refractivity contribution in [1.29, 1.82) is 0 Å². The molecule has 0 fully saturated rings. The van der Waals surface area contributed by atoms with Crippen molar-refractivity contribution in [1.82, 2.24) is 15.3 Å². The zero-order valence-electron chi connectivity index (χ0n) is 10.6. The Bertz CT molecular complexity index is 534. The van der Waals surface area contributed by atoms with E-state index in [1.165, 1.54) is 17.0 Å². The molecule has 0 unspecified atom stereocenters. The number of rotatable bonds is 3. The van der Waals surface area contributed by atoms with Gasteiger partial charge in [-0.25, -0.2) is 9.97 Å². The van der Waals surface area contributed by atoms with Crippen molar-refractivity contribution < 1.29 is 0 Å². The van der Waals surface area contributed by atoms with Crippen LogP contribution in [0.4, 0.5) is 0 Å². The molecule has 0 atom stereocenters. The number of nitrogens with zero attached hydrogens (tertiary/aromatic N) is 2. The summed E-state index contributed by atoms with van der Waals surface area (Å²) in [4.78, 5) is 9.52. The van der Waals surface area contributed by atoms with Crippen molar-refractivity contribution in [3.8, 4) is 11.4 Å². The summed E-state index contributed by atoms with van der Waals surface area (Å²) in [6, 6.07) is 2.10. The molecule has 94 valence electrons. The molecule has 0 saturated carbocycles. The monoisotopic (exact) mass is 259 g/mol. The molecule has 0 bridgehead atoms. The van der Waals surface area contributed by atoms with Crippen LogP contribution in [0.15, 0.2) is 16.8 Å². The molecule has 1 N–H and O–H groups in total. The summed E-state index contributed by atoms with van der Waals surface area (Å²) in [6.07, 6.45) is 3.26. The van der Waals surface area contributed by atoms with Gasteiger partial charge in [-0.05, 0) is 36.4 Å². The number of fused-ring (bicyclic) bond motifs is 1. The van der Waals surface area contributed by atoms with Crippen LogP contribution in [0, 0.1) is 0 Å². The fourth-order valence-corrected chi connectivity index (χ4v) is 3.04. The van der Waals surface area contributed by atoms with Crippen LogP contribution in [0.25, 0.3) is 11.4 Å². The van der Waals surface area contributed by atoms with Crippen LogP contribution >= 0.6 is 11.3 Å². The van der Waals surface area contributed by atoms with Crippen LogP contribution in [-0.2, 0) is 19.4 Å². The second-order valence-corrected chi connectivity index (χ2v) is 5.39. The van der Waals surface area contributed by atoms with Crippen LogP contribution < -0.4 is 5.32 Å². The fraction of sp³-hybridized carbons (Fsp3) is 0.429. The van der Waals surface area contributed by atoms with Gasteiger partial charge in [0.15, 0.2) is 5.82 Å². The minimum Gasteiger partial charge on any atom is -0.311 e. The molecule has 0 spiro atoms. The molecule has 0 radical (unpaired) electrons. The molecule has 0 amide bonds. The topological polar surface area (TPSA) is 37.8 Å². The predicted molar refractivity (Wildman–Crippen MR) is 74.8 cm³/mol. The van der Waals surface area contributed by atoms with Gasteiger partial charge in [0, 0.05) is 23.2 Å². The van der Waals surface area contributed by atoms with E-state index in [2.05, 4.69) is 29.1 Å². The van der Waals surface area contributed by atoms with Crippen molar-refractivity contribution in [2.24, 2.45) is 0 Å². The van der Waals surface area contributed by atoms with Crippen LogP contribution in [0.1, 0.15) is 30.3 Å². The van der Waals surface area contributed by atoms with Gasteiger partial charge in [0.25, 0.3) is 0 Å². The summed E-state index contributed by atoms with van der Waals surface area (Å²) < 4.78 is 0. The Kier molecular flexibility index (Phi) is 3.39. The molecule has 1 aliphatic heterocycles. The van der Waals surface area contributed by atoms with Crippen molar-refractivity contribution in [2.45, 2.75) is 32.7 Å². The molecule has 2 aromatic heterocycles. The third-order valence-electron chi connectivity index (χ3n) is 3.29. The summed E-state index contributed by atoms with van der Waals surface area (Å²) in [5, 5.41) is 7.59. The summed E-state index contributed by atoms with van der Waals surface area (Å²) in [7, 11) is 0. The maximum atomic E-state index is 4.79. The van der Waals surface area contributed by atoms with E-state index in [-0.39, 0.29) is 0 Å². The molecule has 1 aliphatic rings. The number of aromatic nitrogens is 2. The molecule has 0 aromatic carbocycles. The standard InChI is InChI=1S/C14H17N3S/c1-2-3-12-11-4-6-15-8-13(11)17-14(16-12)10-5-7-18-9-10/h5,7,9,15H,2-4,6,8H2,1H3. The minimum atomic E-state index is 0.881.